The molecule has 0 unspecified atom stereocenters. The number of ether oxygens (including phenoxy) is 2. The van der Waals surface area contributed by atoms with E-state index in [9.17, 15) is 9.59 Å². The highest BCUT2D eigenvalue weighted by Crippen LogP contribution is 2.21. The lowest BCUT2D eigenvalue weighted by Crippen LogP contribution is -2.15. The predicted molar refractivity (Wildman–Crippen MR) is 59.0 cm³/mol. The van der Waals surface area contributed by atoms with Crippen LogP contribution in [0.3, 0.4) is 0 Å². The lowest BCUT2D eigenvalue weighted by atomic mass is 10.2. The summed E-state index contributed by atoms with van der Waals surface area (Å²) < 4.78 is 9.82. The fourth-order valence-corrected chi connectivity index (χ4v) is 1.23. The molecule has 86 valence electrons. The number of carbonyl (C=O) groups excluding carboxylic acids is 2. The Labute approximate surface area is 98.1 Å². The largest absolute Gasteiger partial charge is 0.481 e. The number of esters is 1. The van der Waals surface area contributed by atoms with Crippen molar-refractivity contribution in [1.29, 1.82) is 0 Å². The summed E-state index contributed by atoms with van der Waals surface area (Å²) in [7, 11) is 0. The molecule has 0 amide bonds. The first-order valence-electron chi connectivity index (χ1n) is 4.70. The predicted octanol–water partition coefficient (Wildman–Crippen LogP) is 2.09. The molecule has 0 bridgehead atoms. The first-order chi connectivity index (χ1) is 7.67. The van der Waals surface area contributed by atoms with Gasteiger partial charge in [-0.05, 0) is 25.1 Å². The molecule has 0 saturated carbocycles. The first-order valence-corrected chi connectivity index (χ1v) is 5.08. The molecule has 0 atom stereocenters. The van der Waals surface area contributed by atoms with Gasteiger partial charge in [-0.2, -0.15) is 0 Å². The minimum Gasteiger partial charge on any atom is -0.481 e. The summed E-state index contributed by atoms with van der Waals surface area (Å²) in [4.78, 5) is 21.7. The van der Waals surface area contributed by atoms with Crippen LogP contribution in [0.5, 0.6) is 5.75 Å². The second-order valence-corrected chi connectivity index (χ2v) is 3.33. The Morgan fingerprint density at radius 3 is 2.88 bits per heavy atom. The van der Waals surface area contributed by atoms with Crippen molar-refractivity contribution in [3.8, 4) is 5.75 Å². The molecule has 1 aromatic carbocycles. The van der Waals surface area contributed by atoms with Crippen molar-refractivity contribution in [3.63, 3.8) is 0 Å². The lowest BCUT2D eigenvalue weighted by molar-refractivity contribution is -0.145. The van der Waals surface area contributed by atoms with Gasteiger partial charge in [0.05, 0.1) is 12.2 Å². The Morgan fingerprint density at radius 2 is 2.25 bits per heavy atom. The molecule has 0 fully saturated rings. The number of halogens is 1. The number of carbonyl (C=O) groups is 2. The number of rotatable bonds is 5. The number of hydrogen-bond donors (Lipinski definition) is 0. The molecule has 0 radical (unpaired) electrons. The number of aldehydes is 1. The van der Waals surface area contributed by atoms with Crippen LogP contribution in [0.15, 0.2) is 18.2 Å². The lowest BCUT2D eigenvalue weighted by Gasteiger charge is -2.07. The summed E-state index contributed by atoms with van der Waals surface area (Å²) in [5, 5.41) is 0.435. The van der Waals surface area contributed by atoms with E-state index in [4.69, 9.17) is 16.3 Å². The van der Waals surface area contributed by atoms with E-state index in [1.807, 2.05) is 0 Å². The molecule has 0 spiro atoms. The summed E-state index contributed by atoms with van der Waals surface area (Å²) >= 11 is 5.74. The van der Waals surface area contributed by atoms with Crippen molar-refractivity contribution in [2.75, 3.05) is 13.2 Å². The average Bonchev–Trinajstić information content (AvgIpc) is 2.27. The molecule has 0 aliphatic heterocycles. The van der Waals surface area contributed by atoms with Crippen molar-refractivity contribution in [3.05, 3.63) is 28.8 Å². The Morgan fingerprint density at radius 1 is 1.50 bits per heavy atom. The summed E-state index contributed by atoms with van der Waals surface area (Å²) in [6.45, 7) is 1.75. The van der Waals surface area contributed by atoms with Gasteiger partial charge in [0.1, 0.15) is 5.75 Å². The maximum atomic E-state index is 11.0. The highest BCUT2D eigenvalue weighted by molar-refractivity contribution is 6.30. The second kappa shape index (κ2) is 6.12. The van der Waals surface area contributed by atoms with Gasteiger partial charge in [-0.3, -0.25) is 4.79 Å². The highest BCUT2D eigenvalue weighted by atomic mass is 35.5. The van der Waals surface area contributed by atoms with Gasteiger partial charge in [-0.25, -0.2) is 4.79 Å². The smallest absolute Gasteiger partial charge is 0.344 e. The van der Waals surface area contributed by atoms with Gasteiger partial charge in [0.15, 0.2) is 12.9 Å². The molecule has 0 N–H and O–H groups in total. The van der Waals surface area contributed by atoms with Crippen molar-refractivity contribution in [2.45, 2.75) is 6.92 Å². The van der Waals surface area contributed by atoms with Crippen LogP contribution in [0.1, 0.15) is 17.3 Å². The van der Waals surface area contributed by atoms with Gasteiger partial charge >= 0.3 is 5.97 Å². The van der Waals surface area contributed by atoms with Crippen LogP contribution in [0.25, 0.3) is 0 Å². The normalized spacial score (nSPS) is 9.62. The van der Waals surface area contributed by atoms with Gasteiger partial charge < -0.3 is 9.47 Å². The Balaban J connectivity index is 2.68. The van der Waals surface area contributed by atoms with Crippen molar-refractivity contribution in [2.24, 2.45) is 0 Å². The average molecular weight is 243 g/mol. The molecule has 0 aliphatic rings. The fourth-order valence-electron chi connectivity index (χ4n) is 1.07. The van der Waals surface area contributed by atoms with Gasteiger partial charge in [0.25, 0.3) is 0 Å². The SMILES string of the molecule is CCOC(=O)COc1cc(Cl)ccc1C=O. The fraction of sp³-hybridized carbons (Fsp3) is 0.273. The molecule has 0 aromatic heterocycles. The summed E-state index contributed by atoms with van der Waals surface area (Å²) in [5.41, 5.74) is 0.341. The van der Waals surface area contributed by atoms with E-state index >= 15 is 0 Å². The molecular formula is C11H11ClO4. The second-order valence-electron chi connectivity index (χ2n) is 2.89. The maximum Gasteiger partial charge on any atom is 0.344 e. The van der Waals surface area contributed by atoms with Crippen LogP contribution in [0.2, 0.25) is 5.02 Å². The molecule has 0 saturated heterocycles. The third kappa shape index (κ3) is 3.55. The highest BCUT2D eigenvalue weighted by Gasteiger charge is 2.07. The molecule has 0 aliphatic carbocycles. The number of hydrogen-bond acceptors (Lipinski definition) is 4. The third-order valence-corrected chi connectivity index (χ3v) is 1.99. The molecule has 5 heteroatoms. The Kier molecular flexibility index (Phi) is 4.79. The Hall–Kier alpha value is -1.55. The van der Waals surface area contributed by atoms with Gasteiger partial charge in [-0.1, -0.05) is 11.6 Å². The summed E-state index contributed by atoms with van der Waals surface area (Å²) in [6.07, 6.45) is 0.636. The monoisotopic (exact) mass is 242 g/mol. The molecule has 0 heterocycles. The first kappa shape index (κ1) is 12.5. The zero-order valence-corrected chi connectivity index (χ0v) is 9.49. The topological polar surface area (TPSA) is 52.6 Å². The molecular weight excluding hydrogens is 232 g/mol. The zero-order chi connectivity index (χ0) is 12.0. The van der Waals surface area contributed by atoms with Crippen LogP contribution < -0.4 is 4.74 Å². The van der Waals surface area contributed by atoms with E-state index in [1.54, 1.807) is 13.0 Å². The van der Waals surface area contributed by atoms with E-state index in [-0.39, 0.29) is 19.0 Å². The number of benzene rings is 1. The van der Waals surface area contributed by atoms with Gasteiger partial charge in [-0.15, -0.1) is 0 Å². The van der Waals surface area contributed by atoms with Crippen LogP contribution in [-0.4, -0.2) is 25.5 Å². The molecule has 16 heavy (non-hydrogen) atoms. The van der Waals surface area contributed by atoms with Crippen LogP contribution in [0.4, 0.5) is 0 Å². The minimum absolute atomic E-state index is 0.241. The minimum atomic E-state index is -0.487. The van der Waals surface area contributed by atoms with E-state index in [0.717, 1.165) is 0 Å². The standard InChI is InChI=1S/C11H11ClO4/c1-2-15-11(14)7-16-10-5-9(12)4-3-8(10)6-13/h3-6H,2,7H2,1H3. The van der Waals surface area contributed by atoms with E-state index in [2.05, 4.69) is 4.74 Å². The van der Waals surface area contributed by atoms with Crippen molar-refractivity contribution >= 4 is 23.9 Å². The van der Waals surface area contributed by atoms with Crippen molar-refractivity contribution < 1.29 is 19.1 Å². The van der Waals surface area contributed by atoms with Crippen LogP contribution >= 0.6 is 11.6 Å². The molecule has 4 nitrogen and oxygen atoms in total. The van der Waals surface area contributed by atoms with E-state index in [0.29, 0.717) is 16.9 Å². The van der Waals surface area contributed by atoms with Crippen molar-refractivity contribution in [1.82, 2.24) is 0 Å². The van der Waals surface area contributed by atoms with Gasteiger partial charge in [0, 0.05) is 5.02 Å². The summed E-state index contributed by atoms with van der Waals surface area (Å²) in [5.74, 6) is -0.213. The quantitative estimate of drug-likeness (QED) is 0.586. The van der Waals surface area contributed by atoms with E-state index in [1.165, 1.54) is 12.1 Å². The third-order valence-electron chi connectivity index (χ3n) is 1.75. The van der Waals surface area contributed by atoms with Gasteiger partial charge in [0.2, 0.25) is 0 Å². The summed E-state index contributed by atoms with van der Waals surface area (Å²) in [6, 6.07) is 4.57. The molecule has 1 aromatic rings. The van der Waals surface area contributed by atoms with E-state index < -0.39 is 5.97 Å². The zero-order valence-electron chi connectivity index (χ0n) is 8.73. The Bertz CT molecular complexity index is 390. The van der Waals surface area contributed by atoms with Crippen LogP contribution in [-0.2, 0) is 9.53 Å². The van der Waals surface area contributed by atoms with Crippen LogP contribution in [0, 0.1) is 0 Å². The molecule has 1 rings (SSSR count). The maximum absolute atomic E-state index is 11.0.